The SMILES string of the molecule is CC(C)(C)c1ccc(Oc2c(NC(=O)c3ccc(Cl)c(Cl)c3)ccc[n+]2[O-])cc1. The minimum Gasteiger partial charge on any atom is -0.616 e. The third kappa shape index (κ3) is 5.00. The molecule has 0 aliphatic heterocycles. The van der Waals surface area contributed by atoms with Crippen LogP contribution >= 0.6 is 23.2 Å². The van der Waals surface area contributed by atoms with Crippen LogP contribution in [0.25, 0.3) is 0 Å². The number of benzene rings is 2. The molecule has 5 nitrogen and oxygen atoms in total. The van der Waals surface area contributed by atoms with Gasteiger partial charge in [0.15, 0.2) is 11.9 Å². The lowest BCUT2D eigenvalue weighted by atomic mass is 9.87. The molecule has 0 saturated heterocycles. The molecule has 3 rings (SSSR count). The molecule has 0 aliphatic rings. The van der Waals surface area contributed by atoms with E-state index in [1.54, 1.807) is 24.3 Å². The summed E-state index contributed by atoms with van der Waals surface area (Å²) in [6.45, 7) is 6.34. The minimum atomic E-state index is -0.442. The number of pyridine rings is 1. The van der Waals surface area contributed by atoms with Crippen LogP contribution in [0.5, 0.6) is 11.6 Å². The molecule has 3 aromatic rings. The number of rotatable bonds is 4. The van der Waals surface area contributed by atoms with Crippen LogP contribution < -0.4 is 14.8 Å². The van der Waals surface area contributed by atoms with Crippen molar-refractivity contribution in [3.63, 3.8) is 0 Å². The number of hydrogen-bond acceptors (Lipinski definition) is 3. The Balaban J connectivity index is 1.85. The Hall–Kier alpha value is -2.76. The van der Waals surface area contributed by atoms with Gasteiger partial charge >= 0.3 is 5.88 Å². The van der Waals surface area contributed by atoms with Gasteiger partial charge in [0, 0.05) is 11.6 Å². The summed E-state index contributed by atoms with van der Waals surface area (Å²) in [6, 6.07) is 15.1. The zero-order valence-corrected chi connectivity index (χ0v) is 17.7. The van der Waals surface area contributed by atoms with Gasteiger partial charge in [0.1, 0.15) is 5.75 Å². The number of carbonyl (C=O) groups excluding carboxylic acids is 1. The van der Waals surface area contributed by atoms with Crippen molar-refractivity contribution in [1.29, 1.82) is 0 Å². The van der Waals surface area contributed by atoms with Crippen LogP contribution in [0.4, 0.5) is 5.69 Å². The van der Waals surface area contributed by atoms with Crippen molar-refractivity contribution < 1.29 is 14.3 Å². The predicted molar refractivity (Wildman–Crippen MR) is 115 cm³/mol. The van der Waals surface area contributed by atoms with Gasteiger partial charge in [0.2, 0.25) is 0 Å². The summed E-state index contributed by atoms with van der Waals surface area (Å²) in [7, 11) is 0. The number of nitrogens with one attached hydrogen (secondary N) is 1. The summed E-state index contributed by atoms with van der Waals surface area (Å²) in [6.07, 6.45) is 1.30. The summed E-state index contributed by atoms with van der Waals surface area (Å²) in [5, 5.41) is 15.6. The monoisotopic (exact) mass is 430 g/mol. The van der Waals surface area contributed by atoms with Crippen LogP contribution in [0.1, 0.15) is 36.7 Å². The average molecular weight is 431 g/mol. The lowest BCUT2D eigenvalue weighted by Gasteiger charge is -2.19. The Kier molecular flexibility index (Phi) is 6.01. The summed E-state index contributed by atoms with van der Waals surface area (Å²) < 4.78 is 6.33. The van der Waals surface area contributed by atoms with Gasteiger partial charge in [-0.2, -0.15) is 0 Å². The molecule has 0 saturated carbocycles. The summed E-state index contributed by atoms with van der Waals surface area (Å²) in [5.74, 6) is 0.00551. The first-order chi connectivity index (χ1) is 13.6. The normalized spacial score (nSPS) is 11.2. The molecule has 0 unspecified atom stereocenters. The van der Waals surface area contributed by atoms with Gasteiger partial charge < -0.3 is 15.3 Å². The summed E-state index contributed by atoms with van der Waals surface area (Å²) in [5.41, 5.74) is 1.68. The van der Waals surface area contributed by atoms with Gasteiger partial charge in [-0.3, -0.25) is 4.79 Å². The van der Waals surface area contributed by atoms with Crippen molar-refractivity contribution in [3.8, 4) is 11.6 Å². The highest BCUT2D eigenvalue weighted by molar-refractivity contribution is 6.42. The first kappa shape index (κ1) is 21.0. The highest BCUT2D eigenvalue weighted by Crippen LogP contribution is 2.29. The zero-order valence-electron chi connectivity index (χ0n) is 16.2. The zero-order chi connectivity index (χ0) is 21.2. The average Bonchev–Trinajstić information content (AvgIpc) is 2.66. The number of halogens is 2. The maximum Gasteiger partial charge on any atom is 0.409 e. The molecule has 0 atom stereocenters. The molecule has 150 valence electrons. The van der Waals surface area contributed by atoms with Crippen molar-refractivity contribution in [2.45, 2.75) is 26.2 Å². The first-order valence-electron chi connectivity index (χ1n) is 8.92. The Bertz CT molecular complexity index is 1040. The van der Waals surface area contributed by atoms with E-state index in [4.69, 9.17) is 27.9 Å². The summed E-state index contributed by atoms with van der Waals surface area (Å²) in [4.78, 5) is 12.6. The molecule has 2 aromatic carbocycles. The first-order valence-corrected chi connectivity index (χ1v) is 9.68. The molecule has 0 radical (unpaired) electrons. The summed E-state index contributed by atoms with van der Waals surface area (Å²) >= 11 is 11.9. The molecule has 0 aliphatic carbocycles. The molecular weight excluding hydrogens is 411 g/mol. The fourth-order valence-corrected chi connectivity index (χ4v) is 2.93. The largest absolute Gasteiger partial charge is 0.616 e. The van der Waals surface area contributed by atoms with E-state index in [0.717, 1.165) is 5.56 Å². The van der Waals surface area contributed by atoms with E-state index in [0.29, 0.717) is 21.1 Å². The van der Waals surface area contributed by atoms with Crippen molar-refractivity contribution >= 4 is 34.8 Å². The fraction of sp³-hybridized carbons (Fsp3) is 0.182. The smallest absolute Gasteiger partial charge is 0.409 e. The van der Waals surface area contributed by atoms with E-state index in [1.807, 2.05) is 12.1 Å². The number of anilines is 1. The van der Waals surface area contributed by atoms with Crippen molar-refractivity contribution in [3.05, 3.63) is 87.2 Å². The standard InChI is InChI=1S/C22H20Cl2N2O3/c1-22(2,3)15-7-9-16(10-8-15)29-21-19(5-4-12-26(21)28)25-20(27)14-6-11-17(23)18(24)13-14/h4-13H,1-3H3,(H,25,27). The Morgan fingerprint density at radius 3 is 2.34 bits per heavy atom. The lowest BCUT2D eigenvalue weighted by molar-refractivity contribution is -0.610. The van der Waals surface area contributed by atoms with Gasteiger partial charge in [-0.25, -0.2) is 0 Å². The van der Waals surface area contributed by atoms with Crippen LogP contribution in [0.2, 0.25) is 10.0 Å². The van der Waals surface area contributed by atoms with Crippen molar-refractivity contribution in [1.82, 2.24) is 0 Å². The number of aromatic nitrogens is 1. The predicted octanol–water partition coefficient (Wildman–Crippen LogP) is 5.97. The number of nitrogens with zero attached hydrogens (tertiary/aromatic N) is 1. The Labute approximate surface area is 179 Å². The highest BCUT2D eigenvalue weighted by atomic mass is 35.5. The van der Waals surface area contributed by atoms with Crippen LogP contribution in [0.3, 0.4) is 0 Å². The number of carbonyl (C=O) groups is 1. The Morgan fingerprint density at radius 2 is 1.72 bits per heavy atom. The van der Waals surface area contributed by atoms with Crippen LogP contribution in [-0.2, 0) is 5.41 Å². The van der Waals surface area contributed by atoms with Crippen LogP contribution in [0, 0.1) is 5.21 Å². The van der Waals surface area contributed by atoms with Gasteiger partial charge in [-0.1, -0.05) is 56.1 Å². The van der Waals surface area contributed by atoms with E-state index in [1.165, 1.54) is 24.4 Å². The molecule has 0 spiro atoms. The quantitative estimate of drug-likeness (QED) is 0.409. The molecule has 0 bridgehead atoms. The maximum atomic E-state index is 12.6. The van der Waals surface area contributed by atoms with E-state index >= 15 is 0 Å². The second kappa shape index (κ2) is 8.31. The van der Waals surface area contributed by atoms with E-state index in [2.05, 4.69) is 26.1 Å². The number of ether oxygens (including phenoxy) is 1. The molecule has 1 N–H and O–H groups in total. The minimum absolute atomic E-state index is 0.00269. The highest BCUT2D eigenvalue weighted by Gasteiger charge is 2.20. The molecular formula is C22H20Cl2N2O3. The van der Waals surface area contributed by atoms with Gasteiger partial charge in [0.25, 0.3) is 5.91 Å². The van der Waals surface area contributed by atoms with Crippen LogP contribution in [0.15, 0.2) is 60.8 Å². The Morgan fingerprint density at radius 1 is 1.03 bits per heavy atom. The molecule has 1 amide bonds. The van der Waals surface area contributed by atoms with Crippen molar-refractivity contribution in [2.75, 3.05) is 5.32 Å². The third-order valence-corrected chi connectivity index (χ3v) is 5.02. The van der Waals surface area contributed by atoms with E-state index in [-0.39, 0.29) is 22.0 Å². The molecule has 29 heavy (non-hydrogen) atoms. The molecule has 1 aromatic heterocycles. The number of amides is 1. The third-order valence-electron chi connectivity index (χ3n) is 4.28. The van der Waals surface area contributed by atoms with E-state index in [9.17, 15) is 10.0 Å². The lowest BCUT2D eigenvalue weighted by Crippen LogP contribution is -2.29. The topological polar surface area (TPSA) is 65.3 Å². The second-order valence-electron chi connectivity index (χ2n) is 7.51. The molecule has 7 heteroatoms. The van der Waals surface area contributed by atoms with E-state index < -0.39 is 5.91 Å². The number of hydrogen-bond donors (Lipinski definition) is 1. The van der Waals surface area contributed by atoms with Crippen LogP contribution in [-0.4, -0.2) is 5.91 Å². The van der Waals surface area contributed by atoms with Gasteiger partial charge in [-0.15, -0.1) is 4.73 Å². The fourth-order valence-electron chi connectivity index (χ4n) is 2.64. The van der Waals surface area contributed by atoms with Crippen molar-refractivity contribution in [2.24, 2.45) is 0 Å². The molecule has 1 heterocycles. The maximum absolute atomic E-state index is 12.6. The molecule has 0 fully saturated rings. The van der Waals surface area contributed by atoms with Gasteiger partial charge in [-0.05, 0) is 47.4 Å². The van der Waals surface area contributed by atoms with Gasteiger partial charge in [0.05, 0.1) is 10.0 Å². The second-order valence-corrected chi connectivity index (χ2v) is 8.33.